The SMILES string of the molecule is CN(Cc1ccccc1C(=O)NCc1ccco1)Cc1ccc2c(c1C(=O)O)OC[C@H](CCC(=O)O)O2. The number of hydrogen-bond acceptors (Lipinski definition) is 7. The van der Waals surface area contributed by atoms with Gasteiger partial charge in [0.05, 0.1) is 12.8 Å². The first kappa shape index (κ1) is 25.8. The maximum atomic E-state index is 12.8. The van der Waals surface area contributed by atoms with Crippen molar-refractivity contribution in [3.63, 3.8) is 0 Å². The van der Waals surface area contributed by atoms with Crippen molar-refractivity contribution < 1.29 is 38.5 Å². The standard InChI is InChI=1S/C27H28N2O8/c1-29(14-17-5-2-3-7-21(17)26(32)28-13-19-6-4-12-35-19)15-18-8-10-22-25(24(18)27(33)34)36-16-20(37-22)9-11-23(30)31/h2-8,10,12,20H,9,11,13-16H2,1H3,(H,28,32)(H,30,31)(H,33,34)/t20-/m0/s1. The van der Waals surface area contributed by atoms with Gasteiger partial charge < -0.3 is 29.4 Å². The fourth-order valence-corrected chi connectivity index (χ4v) is 4.22. The molecule has 1 amide bonds. The number of hydrogen-bond donors (Lipinski definition) is 3. The highest BCUT2D eigenvalue weighted by atomic mass is 16.6. The number of benzene rings is 2. The van der Waals surface area contributed by atoms with Crippen molar-refractivity contribution in [2.24, 2.45) is 0 Å². The molecule has 2 heterocycles. The molecule has 37 heavy (non-hydrogen) atoms. The Labute approximate surface area is 213 Å². The van der Waals surface area contributed by atoms with Crippen LogP contribution in [-0.4, -0.2) is 52.7 Å². The molecule has 1 aliphatic rings. The average Bonchev–Trinajstić information content (AvgIpc) is 3.39. The van der Waals surface area contributed by atoms with Crippen molar-refractivity contribution in [1.29, 1.82) is 0 Å². The summed E-state index contributed by atoms with van der Waals surface area (Å²) in [6.07, 6.45) is 1.27. The molecule has 0 saturated heterocycles. The predicted molar refractivity (Wildman–Crippen MR) is 132 cm³/mol. The number of ether oxygens (including phenoxy) is 2. The Morgan fingerprint density at radius 1 is 1.03 bits per heavy atom. The minimum Gasteiger partial charge on any atom is -0.485 e. The van der Waals surface area contributed by atoms with E-state index in [1.165, 1.54) is 0 Å². The molecule has 0 spiro atoms. The Kier molecular flexibility index (Phi) is 8.09. The molecule has 1 aliphatic heterocycles. The van der Waals surface area contributed by atoms with E-state index in [0.717, 1.165) is 5.56 Å². The molecule has 3 aromatic rings. The smallest absolute Gasteiger partial charge is 0.339 e. The van der Waals surface area contributed by atoms with Crippen LogP contribution < -0.4 is 14.8 Å². The van der Waals surface area contributed by atoms with Crippen LogP contribution in [0, 0.1) is 0 Å². The Balaban J connectivity index is 1.46. The summed E-state index contributed by atoms with van der Waals surface area (Å²) in [4.78, 5) is 37.7. The molecule has 0 aliphatic carbocycles. The Bertz CT molecular complexity index is 1270. The number of aromatic carboxylic acids is 1. The maximum Gasteiger partial charge on any atom is 0.339 e. The van der Waals surface area contributed by atoms with Gasteiger partial charge in [-0.25, -0.2) is 4.79 Å². The van der Waals surface area contributed by atoms with E-state index in [0.29, 0.717) is 23.4 Å². The first-order chi connectivity index (χ1) is 17.8. The lowest BCUT2D eigenvalue weighted by Gasteiger charge is -2.28. The number of aliphatic carboxylic acids is 1. The van der Waals surface area contributed by atoms with E-state index < -0.39 is 18.0 Å². The summed E-state index contributed by atoms with van der Waals surface area (Å²) in [5, 5.41) is 21.7. The fraction of sp³-hybridized carbons (Fsp3) is 0.296. The van der Waals surface area contributed by atoms with Crippen LogP contribution in [0.4, 0.5) is 0 Å². The van der Waals surface area contributed by atoms with E-state index in [9.17, 15) is 19.5 Å². The third kappa shape index (κ3) is 6.47. The van der Waals surface area contributed by atoms with E-state index in [-0.39, 0.29) is 55.5 Å². The van der Waals surface area contributed by atoms with Crippen LogP contribution in [0.1, 0.15) is 50.4 Å². The van der Waals surface area contributed by atoms with Gasteiger partial charge in [0, 0.05) is 25.1 Å². The van der Waals surface area contributed by atoms with Gasteiger partial charge in [0.25, 0.3) is 5.91 Å². The Morgan fingerprint density at radius 2 is 1.81 bits per heavy atom. The van der Waals surface area contributed by atoms with Gasteiger partial charge in [-0.15, -0.1) is 0 Å². The van der Waals surface area contributed by atoms with Crippen LogP contribution in [0.3, 0.4) is 0 Å². The van der Waals surface area contributed by atoms with Gasteiger partial charge in [0.15, 0.2) is 11.5 Å². The molecule has 0 unspecified atom stereocenters. The summed E-state index contributed by atoms with van der Waals surface area (Å²) in [5.74, 6) is -1.24. The Hall–Kier alpha value is -4.31. The highest BCUT2D eigenvalue weighted by molar-refractivity contribution is 5.95. The highest BCUT2D eigenvalue weighted by Gasteiger charge is 2.29. The molecule has 2 aromatic carbocycles. The second kappa shape index (κ2) is 11.6. The lowest BCUT2D eigenvalue weighted by Crippen LogP contribution is -2.31. The van der Waals surface area contributed by atoms with E-state index in [2.05, 4.69) is 5.32 Å². The molecular formula is C27H28N2O8. The number of rotatable bonds is 11. The third-order valence-corrected chi connectivity index (χ3v) is 5.95. The van der Waals surface area contributed by atoms with E-state index in [1.807, 2.05) is 24.1 Å². The summed E-state index contributed by atoms with van der Waals surface area (Å²) in [6.45, 7) is 1.02. The minimum absolute atomic E-state index is 0.00510. The fourth-order valence-electron chi connectivity index (χ4n) is 4.22. The lowest BCUT2D eigenvalue weighted by atomic mass is 10.0. The number of carboxylic acids is 2. The molecule has 0 radical (unpaired) electrons. The predicted octanol–water partition coefficient (Wildman–Crippen LogP) is 3.54. The number of nitrogens with zero attached hydrogens (tertiary/aromatic N) is 1. The molecule has 0 bridgehead atoms. The number of amides is 1. The van der Waals surface area contributed by atoms with E-state index in [1.54, 1.807) is 42.7 Å². The number of furan rings is 1. The lowest BCUT2D eigenvalue weighted by molar-refractivity contribution is -0.137. The largest absolute Gasteiger partial charge is 0.485 e. The molecular weight excluding hydrogens is 480 g/mol. The molecule has 194 valence electrons. The number of carbonyl (C=O) groups excluding carboxylic acids is 1. The number of carboxylic acid groups (broad SMARTS) is 2. The number of fused-ring (bicyclic) bond motifs is 1. The Morgan fingerprint density at radius 3 is 2.54 bits per heavy atom. The van der Waals surface area contributed by atoms with Crippen molar-refractivity contribution in [2.75, 3.05) is 13.7 Å². The van der Waals surface area contributed by atoms with Crippen molar-refractivity contribution in [2.45, 2.75) is 38.6 Å². The van der Waals surface area contributed by atoms with Gasteiger partial charge in [-0.2, -0.15) is 0 Å². The first-order valence-corrected chi connectivity index (χ1v) is 11.8. The van der Waals surface area contributed by atoms with Crippen molar-refractivity contribution in [3.8, 4) is 11.5 Å². The molecule has 1 aromatic heterocycles. The quantitative estimate of drug-likeness (QED) is 0.355. The highest BCUT2D eigenvalue weighted by Crippen LogP contribution is 2.38. The minimum atomic E-state index is -1.15. The molecule has 0 fully saturated rings. The van der Waals surface area contributed by atoms with Crippen LogP contribution >= 0.6 is 0 Å². The summed E-state index contributed by atoms with van der Waals surface area (Å²) in [5.41, 5.74) is 1.85. The van der Waals surface area contributed by atoms with Crippen LogP contribution in [0.25, 0.3) is 0 Å². The summed E-state index contributed by atoms with van der Waals surface area (Å²) in [7, 11) is 1.84. The van der Waals surface area contributed by atoms with Gasteiger partial charge in [-0.05, 0) is 48.9 Å². The van der Waals surface area contributed by atoms with E-state index in [4.69, 9.17) is 19.0 Å². The summed E-state index contributed by atoms with van der Waals surface area (Å²) < 4.78 is 16.8. The number of carbonyl (C=O) groups is 3. The van der Waals surface area contributed by atoms with Crippen LogP contribution in [0.5, 0.6) is 11.5 Å². The van der Waals surface area contributed by atoms with Crippen LogP contribution in [0.2, 0.25) is 0 Å². The average molecular weight is 509 g/mol. The molecule has 10 heteroatoms. The van der Waals surface area contributed by atoms with Gasteiger partial charge in [0.2, 0.25) is 0 Å². The van der Waals surface area contributed by atoms with Gasteiger partial charge in [0.1, 0.15) is 24.0 Å². The second-order valence-corrected chi connectivity index (χ2v) is 8.81. The normalized spacial score (nSPS) is 14.4. The molecule has 4 rings (SSSR count). The zero-order chi connectivity index (χ0) is 26.4. The van der Waals surface area contributed by atoms with Gasteiger partial charge in [-0.3, -0.25) is 14.5 Å². The van der Waals surface area contributed by atoms with Gasteiger partial charge in [-0.1, -0.05) is 24.3 Å². The monoisotopic (exact) mass is 508 g/mol. The number of nitrogens with one attached hydrogen (secondary N) is 1. The van der Waals surface area contributed by atoms with Gasteiger partial charge >= 0.3 is 11.9 Å². The summed E-state index contributed by atoms with van der Waals surface area (Å²) in [6, 6.07) is 14.1. The summed E-state index contributed by atoms with van der Waals surface area (Å²) >= 11 is 0. The molecule has 10 nitrogen and oxygen atoms in total. The zero-order valence-corrected chi connectivity index (χ0v) is 20.3. The molecule has 1 atom stereocenters. The first-order valence-electron chi connectivity index (χ1n) is 11.8. The topological polar surface area (TPSA) is 139 Å². The van der Waals surface area contributed by atoms with Crippen LogP contribution in [-0.2, 0) is 24.4 Å². The maximum absolute atomic E-state index is 12.8. The second-order valence-electron chi connectivity index (χ2n) is 8.81. The third-order valence-electron chi connectivity index (χ3n) is 5.95. The molecule has 3 N–H and O–H groups in total. The van der Waals surface area contributed by atoms with Crippen molar-refractivity contribution in [3.05, 3.63) is 82.8 Å². The van der Waals surface area contributed by atoms with Crippen molar-refractivity contribution in [1.82, 2.24) is 10.2 Å². The molecule has 0 saturated carbocycles. The zero-order valence-electron chi connectivity index (χ0n) is 20.3. The van der Waals surface area contributed by atoms with E-state index >= 15 is 0 Å². The van der Waals surface area contributed by atoms with Crippen molar-refractivity contribution >= 4 is 17.8 Å². The van der Waals surface area contributed by atoms with Crippen LogP contribution in [0.15, 0.2) is 59.2 Å².